The second kappa shape index (κ2) is 4.55. The third kappa shape index (κ3) is 2.27. The Morgan fingerprint density at radius 3 is 2.76 bits per heavy atom. The largest absolute Gasteiger partial charge is 1.00 e. The normalized spacial score (nSPS) is 25.7. The van der Waals surface area contributed by atoms with Crippen molar-refractivity contribution < 1.29 is 47.3 Å². The molecule has 2 atom stereocenters. The van der Waals surface area contributed by atoms with Crippen LogP contribution < -0.4 is 34.3 Å². The molecule has 0 spiro atoms. The van der Waals surface area contributed by atoms with Crippen LogP contribution in [0.5, 0.6) is 5.75 Å². The first-order chi connectivity index (χ1) is 7.55. The molecular weight excluding hydrogens is 251 g/mol. The van der Waals surface area contributed by atoms with Gasteiger partial charge in [0.15, 0.2) is 0 Å². The summed E-state index contributed by atoms with van der Waals surface area (Å²) in [6, 6.07) is 4.46. The van der Waals surface area contributed by atoms with Crippen molar-refractivity contribution in [1.82, 2.24) is 0 Å². The van der Waals surface area contributed by atoms with Gasteiger partial charge in [-0.3, -0.25) is 0 Å². The maximum atomic E-state index is 10.9. The molecule has 4 nitrogen and oxygen atoms in total. The van der Waals surface area contributed by atoms with Crippen LogP contribution in [0.1, 0.15) is 30.7 Å². The molecule has 1 fully saturated rings. The Labute approximate surface area is 122 Å². The Balaban J connectivity index is 0.00000108. The fraction of sp³-hybridized carbons (Fsp3) is 0.455. The van der Waals surface area contributed by atoms with Gasteiger partial charge in [-0.1, -0.05) is 6.07 Å². The maximum Gasteiger partial charge on any atom is 1.00 e. The summed E-state index contributed by atoms with van der Waals surface area (Å²) in [7, 11) is -4.38. The Morgan fingerprint density at radius 1 is 1.29 bits per heavy atom. The SMILES string of the molecule is O=S(=O)([O-])c1ccc2c(c1)OC1CCCC21.[Na+]. The van der Waals surface area contributed by atoms with Crippen LogP contribution in [0.4, 0.5) is 0 Å². The van der Waals surface area contributed by atoms with Crippen molar-refractivity contribution in [2.24, 2.45) is 0 Å². The molecule has 86 valence electrons. The third-order valence-corrected chi connectivity index (χ3v) is 4.24. The van der Waals surface area contributed by atoms with E-state index >= 15 is 0 Å². The predicted molar refractivity (Wildman–Crippen MR) is 55.4 cm³/mol. The number of benzene rings is 1. The fourth-order valence-electron chi connectivity index (χ4n) is 2.66. The van der Waals surface area contributed by atoms with E-state index in [4.69, 9.17) is 4.74 Å². The first kappa shape index (κ1) is 13.4. The van der Waals surface area contributed by atoms with Crippen molar-refractivity contribution in [3.63, 3.8) is 0 Å². The maximum absolute atomic E-state index is 10.9. The van der Waals surface area contributed by atoms with E-state index in [2.05, 4.69) is 0 Å². The van der Waals surface area contributed by atoms with Gasteiger partial charge in [-0.25, -0.2) is 8.42 Å². The van der Waals surface area contributed by atoms with Crippen LogP contribution >= 0.6 is 0 Å². The summed E-state index contributed by atoms with van der Waals surface area (Å²) in [6.07, 6.45) is 3.43. The molecule has 6 heteroatoms. The quantitative estimate of drug-likeness (QED) is 0.462. The molecule has 1 saturated carbocycles. The van der Waals surface area contributed by atoms with Crippen molar-refractivity contribution in [2.45, 2.75) is 36.2 Å². The van der Waals surface area contributed by atoms with E-state index in [1.807, 2.05) is 0 Å². The number of rotatable bonds is 1. The molecule has 0 bridgehead atoms. The zero-order valence-corrected chi connectivity index (χ0v) is 12.4. The van der Waals surface area contributed by atoms with Gasteiger partial charge in [0.2, 0.25) is 0 Å². The number of fused-ring (bicyclic) bond motifs is 3. The first-order valence-corrected chi connectivity index (χ1v) is 6.73. The van der Waals surface area contributed by atoms with Crippen molar-refractivity contribution in [3.8, 4) is 5.75 Å². The third-order valence-electron chi connectivity index (χ3n) is 3.40. The van der Waals surface area contributed by atoms with E-state index < -0.39 is 10.1 Å². The molecule has 0 N–H and O–H groups in total. The van der Waals surface area contributed by atoms with E-state index in [0.717, 1.165) is 24.8 Å². The summed E-state index contributed by atoms with van der Waals surface area (Å²) in [5, 5.41) is 0. The molecule has 17 heavy (non-hydrogen) atoms. The molecule has 1 heterocycles. The summed E-state index contributed by atoms with van der Waals surface area (Å²) >= 11 is 0. The zero-order valence-electron chi connectivity index (χ0n) is 9.55. The number of hydrogen-bond acceptors (Lipinski definition) is 4. The Hall–Kier alpha value is -0.0700. The molecule has 1 aromatic rings. The van der Waals surface area contributed by atoms with Crippen molar-refractivity contribution in [3.05, 3.63) is 23.8 Å². The number of ether oxygens (including phenoxy) is 1. The topological polar surface area (TPSA) is 66.4 Å². The van der Waals surface area contributed by atoms with E-state index in [0.29, 0.717) is 11.7 Å². The van der Waals surface area contributed by atoms with Gasteiger partial charge in [0.05, 0.1) is 4.90 Å². The smallest absolute Gasteiger partial charge is 0.744 e. The molecule has 1 aromatic carbocycles. The average Bonchev–Trinajstić information content (AvgIpc) is 2.74. The second-order valence-corrected chi connectivity index (χ2v) is 5.73. The summed E-state index contributed by atoms with van der Waals surface area (Å²) in [4.78, 5) is -0.203. The van der Waals surface area contributed by atoms with Crippen LogP contribution in [0.2, 0.25) is 0 Å². The van der Waals surface area contributed by atoms with Crippen LogP contribution in [0, 0.1) is 0 Å². The van der Waals surface area contributed by atoms with Gasteiger partial charge >= 0.3 is 29.6 Å². The van der Waals surface area contributed by atoms with E-state index in [-0.39, 0.29) is 40.6 Å². The van der Waals surface area contributed by atoms with Crippen LogP contribution in [-0.4, -0.2) is 19.1 Å². The molecule has 0 radical (unpaired) electrons. The van der Waals surface area contributed by atoms with E-state index in [9.17, 15) is 13.0 Å². The monoisotopic (exact) mass is 262 g/mol. The molecule has 3 rings (SSSR count). The Bertz CT molecular complexity index is 540. The van der Waals surface area contributed by atoms with Crippen LogP contribution in [0.3, 0.4) is 0 Å². The Morgan fingerprint density at radius 2 is 2.06 bits per heavy atom. The fourth-order valence-corrected chi connectivity index (χ4v) is 3.15. The van der Waals surface area contributed by atoms with Gasteiger partial charge in [0.1, 0.15) is 22.0 Å². The molecule has 1 aliphatic heterocycles. The summed E-state index contributed by atoms with van der Waals surface area (Å²) in [5.41, 5.74) is 1.05. The Kier molecular flexibility index (Phi) is 3.58. The summed E-state index contributed by atoms with van der Waals surface area (Å²) < 4.78 is 38.3. The van der Waals surface area contributed by atoms with Crippen molar-refractivity contribution in [2.75, 3.05) is 0 Å². The van der Waals surface area contributed by atoms with Gasteiger partial charge < -0.3 is 9.29 Å². The summed E-state index contributed by atoms with van der Waals surface area (Å²) in [5.74, 6) is 0.963. The molecule has 2 unspecified atom stereocenters. The predicted octanol–water partition coefficient (Wildman–Crippen LogP) is -1.38. The minimum absolute atomic E-state index is 0. The molecule has 2 aliphatic rings. The first-order valence-electron chi connectivity index (χ1n) is 5.32. The van der Waals surface area contributed by atoms with E-state index in [1.54, 1.807) is 6.07 Å². The molecular formula is C11H11NaO4S. The van der Waals surface area contributed by atoms with Gasteiger partial charge in [-0.15, -0.1) is 0 Å². The average molecular weight is 262 g/mol. The minimum atomic E-state index is -4.38. The molecule has 0 amide bonds. The van der Waals surface area contributed by atoms with Crippen LogP contribution in [0.25, 0.3) is 0 Å². The second-order valence-electron chi connectivity index (χ2n) is 4.35. The van der Waals surface area contributed by atoms with Gasteiger partial charge in [0.25, 0.3) is 0 Å². The van der Waals surface area contributed by atoms with Gasteiger partial charge in [0, 0.05) is 11.5 Å². The van der Waals surface area contributed by atoms with Crippen LogP contribution in [-0.2, 0) is 10.1 Å². The number of hydrogen-bond donors (Lipinski definition) is 0. The van der Waals surface area contributed by atoms with Crippen LogP contribution in [0.15, 0.2) is 23.1 Å². The summed E-state index contributed by atoms with van der Waals surface area (Å²) in [6.45, 7) is 0. The van der Waals surface area contributed by atoms with Crippen molar-refractivity contribution in [1.29, 1.82) is 0 Å². The van der Waals surface area contributed by atoms with E-state index in [1.165, 1.54) is 12.1 Å². The standard InChI is InChI=1S/C11H12O4S.Na/c12-16(13,14)7-4-5-9-8-2-1-3-10(8)15-11(9)6-7;/h4-6,8,10H,1-3H2,(H,12,13,14);/q;+1/p-1. The molecule has 1 aliphatic carbocycles. The minimum Gasteiger partial charge on any atom is -0.744 e. The van der Waals surface area contributed by atoms with Crippen molar-refractivity contribution >= 4 is 10.1 Å². The zero-order chi connectivity index (χ0) is 11.3. The van der Waals surface area contributed by atoms with Gasteiger partial charge in [-0.2, -0.15) is 0 Å². The molecule has 0 aromatic heterocycles. The molecule has 0 saturated heterocycles. The van der Waals surface area contributed by atoms with Gasteiger partial charge in [-0.05, 0) is 31.4 Å².